The monoisotopic (exact) mass is 197 g/mol. The van der Waals surface area contributed by atoms with Gasteiger partial charge in [0.25, 0.3) is 0 Å². The van der Waals surface area contributed by atoms with Gasteiger partial charge in [0.05, 0.1) is 0 Å². The van der Waals surface area contributed by atoms with Crippen LogP contribution in [0.3, 0.4) is 0 Å². The topological polar surface area (TPSA) is 26.0 Å². The summed E-state index contributed by atoms with van der Waals surface area (Å²) in [6.45, 7) is 2.02. The second-order valence-corrected chi connectivity index (χ2v) is 4.07. The molecule has 1 aromatic carbocycles. The van der Waals surface area contributed by atoms with E-state index in [1.165, 1.54) is 12.1 Å². The zero-order chi connectivity index (χ0) is 10.3. The molecular weight excluding hydrogens is 184 g/mol. The van der Waals surface area contributed by atoms with Crippen molar-refractivity contribution < 1.29 is 8.78 Å². The summed E-state index contributed by atoms with van der Waals surface area (Å²) >= 11 is 0. The third kappa shape index (κ3) is 1.52. The van der Waals surface area contributed by atoms with Gasteiger partial charge in [-0.1, -0.05) is 6.92 Å². The van der Waals surface area contributed by atoms with Crippen LogP contribution in [0.5, 0.6) is 0 Å². The minimum absolute atomic E-state index is 0.173. The molecule has 0 spiro atoms. The van der Waals surface area contributed by atoms with Crippen molar-refractivity contribution in [3.63, 3.8) is 0 Å². The molecule has 0 aliphatic heterocycles. The molecule has 1 saturated carbocycles. The van der Waals surface area contributed by atoms with E-state index in [9.17, 15) is 8.78 Å². The molecule has 2 rings (SSSR count). The van der Waals surface area contributed by atoms with Crippen molar-refractivity contribution in [2.75, 3.05) is 0 Å². The molecule has 76 valence electrons. The summed E-state index contributed by atoms with van der Waals surface area (Å²) in [4.78, 5) is 0. The van der Waals surface area contributed by atoms with Crippen LogP contribution in [-0.4, -0.2) is 6.04 Å². The van der Waals surface area contributed by atoms with Crippen molar-refractivity contribution in [2.45, 2.75) is 25.3 Å². The third-order valence-corrected chi connectivity index (χ3v) is 3.15. The zero-order valence-electron chi connectivity index (χ0n) is 8.00. The quantitative estimate of drug-likeness (QED) is 0.735. The van der Waals surface area contributed by atoms with Crippen LogP contribution in [0.2, 0.25) is 0 Å². The van der Waals surface area contributed by atoms with Gasteiger partial charge >= 0.3 is 0 Å². The van der Waals surface area contributed by atoms with Gasteiger partial charge in [-0.15, -0.1) is 0 Å². The molecule has 1 aliphatic rings. The first-order valence-corrected chi connectivity index (χ1v) is 4.79. The summed E-state index contributed by atoms with van der Waals surface area (Å²) in [7, 11) is 0. The summed E-state index contributed by atoms with van der Waals surface area (Å²) in [5.74, 6) is -0.480. The average Bonchev–Trinajstić information content (AvgIpc) is 2.11. The molecule has 3 unspecified atom stereocenters. The van der Waals surface area contributed by atoms with E-state index in [0.29, 0.717) is 5.92 Å². The molecule has 0 amide bonds. The first-order valence-electron chi connectivity index (χ1n) is 4.79. The van der Waals surface area contributed by atoms with Gasteiger partial charge in [0.2, 0.25) is 0 Å². The fourth-order valence-electron chi connectivity index (χ4n) is 2.05. The van der Waals surface area contributed by atoms with E-state index in [1.807, 2.05) is 6.92 Å². The van der Waals surface area contributed by atoms with Crippen LogP contribution in [0, 0.1) is 17.6 Å². The molecule has 1 aliphatic carbocycles. The average molecular weight is 197 g/mol. The molecule has 3 atom stereocenters. The minimum atomic E-state index is -0.507. The van der Waals surface area contributed by atoms with Crippen LogP contribution >= 0.6 is 0 Å². The highest BCUT2D eigenvalue weighted by molar-refractivity contribution is 5.25. The van der Waals surface area contributed by atoms with Crippen molar-refractivity contribution in [2.24, 2.45) is 11.7 Å². The Morgan fingerprint density at radius 1 is 1.21 bits per heavy atom. The molecule has 0 saturated heterocycles. The van der Waals surface area contributed by atoms with Gasteiger partial charge in [-0.2, -0.15) is 0 Å². The van der Waals surface area contributed by atoms with Crippen LogP contribution in [0.1, 0.15) is 24.8 Å². The first kappa shape index (κ1) is 9.59. The van der Waals surface area contributed by atoms with Gasteiger partial charge < -0.3 is 5.73 Å². The maximum absolute atomic E-state index is 12.9. The number of hydrogen-bond donors (Lipinski definition) is 1. The van der Waals surface area contributed by atoms with E-state index in [4.69, 9.17) is 5.73 Å². The van der Waals surface area contributed by atoms with Crippen LogP contribution in [0.25, 0.3) is 0 Å². The van der Waals surface area contributed by atoms with Crippen molar-refractivity contribution in [1.29, 1.82) is 0 Å². The van der Waals surface area contributed by atoms with Gasteiger partial charge in [-0.25, -0.2) is 8.78 Å². The van der Waals surface area contributed by atoms with Crippen LogP contribution in [0.15, 0.2) is 18.2 Å². The van der Waals surface area contributed by atoms with E-state index in [2.05, 4.69) is 0 Å². The normalized spacial score (nSPS) is 31.3. The van der Waals surface area contributed by atoms with E-state index >= 15 is 0 Å². The van der Waals surface area contributed by atoms with Crippen molar-refractivity contribution in [3.8, 4) is 0 Å². The highest BCUT2D eigenvalue weighted by atomic mass is 19.1. The smallest absolute Gasteiger partial charge is 0.126 e. The lowest BCUT2D eigenvalue weighted by Gasteiger charge is -2.40. The number of halogens is 2. The summed E-state index contributed by atoms with van der Waals surface area (Å²) in [5.41, 5.74) is 6.47. The molecule has 2 N–H and O–H groups in total. The van der Waals surface area contributed by atoms with Gasteiger partial charge in [-0.05, 0) is 36.0 Å². The van der Waals surface area contributed by atoms with Gasteiger partial charge in [-0.3, -0.25) is 0 Å². The highest BCUT2D eigenvalue weighted by Gasteiger charge is 2.36. The maximum Gasteiger partial charge on any atom is 0.126 e. The van der Waals surface area contributed by atoms with Crippen LogP contribution in [-0.2, 0) is 0 Å². The van der Waals surface area contributed by atoms with E-state index in [1.54, 1.807) is 0 Å². The van der Waals surface area contributed by atoms with E-state index in [0.717, 1.165) is 18.1 Å². The van der Waals surface area contributed by atoms with Gasteiger partial charge in [0.15, 0.2) is 0 Å². The molecule has 0 radical (unpaired) electrons. The fraction of sp³-hybridized carbons (Fsp3) is 0.455. The number of nitrogens with two attached hydrogens (primary N) is 1. The highest BCUT2D eigenvalue weighted by Crippen LogP contribution is 2.41. The predicted molar refractivity (Wildman–Crippen MR) is 50.9 cm³/mol. The molecule has 0 aromatic heterocycles. The SMILES string of the molecule is CC1C(N)CC1c1cc(F)cc(F)c1. The fourth-order valence-corrected chi connectivity index (χ4v) is 2.05. The standard InChI is InChI=1S/C11H13F2N/c1-6-10(5-11(6)14)7-2-8(12)4-9(13)3-7/h2-4,6,10-11H,5,14H2,1H3. The molecule has 1 fully saturated rings. The Hall–Kier alpha value is -0.960. The number of rotatable bonds is 1. The molecule has 1 aromatic rings. The molecule has 1 nitrogen and oxygen atoms in total. The van der Waals surface area contributed by atoms with Crippen LogP contribution in [0.4, 0.5) is 8.78 Å². The Morgan fingerprint density at radius 2 is 1.79 bits per heavy atom. The Balaban J connectivity index is 2.25. The lowest BCUT2D eigenvalue weighted by molar-refractivity contribution is 0.225. The summed E-state index contributed by atoms with van der Waals surface area (Å²) < 4.78 is 25.8. The predicted octanol–water partition coefficient (Wildman–Crippen LogP) is 2.42. The number of benzene rings is 1. The molecule has 3 heteroatoms. The van der Waals surface area contributed by atoms with Crippen molar-refractivity contribution >= 4 is 0 Å². The Morgan fingerprint density at radius 3 is 2.21 bits per heavy atom. The van der Waals surface area contributed by atoms with Crippen molar-refractivity contribution in [3.05, 3.63) is 35.4 Å². The number of hydrogen-bond acceptors (Lipinski definition) is 1. The molecule has 0 bridgehead atoms. The zero-order valence-corrected chi connectivity index (χ0v) is 8.00. The van der Waals surface area contributed by atoms with E-state index < -0.39 is 11.6 Å². The minimum Gasteiger partial charge on any atom is -0.327 e. The Labute approximate surface area is 81.9 Å². The second-order valence-electron chi connectivity index (χ2n) is 4.07. The summed E-state index contributed by atoms with van der Waals surface area (Å²) in [5, 5.41) is 0. The van der Waals surface area contributed by atoms with E-state index in [-0.39, 0.29) is 12.0 Å². The molecule has 0 heterocycles. The molecular formula is C11H13F2N. The Bertz CT molecular complexity index is 331. The summed E-state index contributed by atoms with van der Waals surface area (Å²) in [6.07, 6.45) is 0.823. The van der Waals surface area contributed by atoms with Gasteiger partial charge in [0.1, 0.15) is 11.6 Å². The maximum atomic E-state index is 12.9. The Kier molecular flexibility index (Phi) is 2.27. The lowest BCUT2D eigenvalue weighted by Crippen LogP contribution is -2.44. The van der Waals surface area contributed by atoms with Crippen molar-refractivity contribution in [1.82, 2.24) is 0 Å². The first-order chi connectivity index (χ1) is 6.58. The molecule has 14 heavy (non-hydrogen) atoms. The third-order valence-electron chi connectivity index (χ3n) is 3.15. The lowest BCUT2D eigenvalue weighted by atomic mass is 9.67. The second kappa shape index (κ2) is 3.31. The summed E-state index contributed by atoms with van der Waals surface area (Å²) in [6, 6.07) is 3.87. The van der Waals surface area contributed by atoms with Gasteiger partial charge in [0, 0.05) is 12.1 Å². The van der Waals surface area contributed by atoms with Crippen LogP contribution < -0.4 is 5.73 Å². The largest absolute Gasteiger partial charge is 0.327 e.